The van der Waals surface area contributed by atoms with Gasteiger partial charge >= 0.3 is 0 Å². The van der Waals surface area contributed by atoms with Crippen molar-refractivity contribution in [3.05, 3.63) is 70.8 Å². The molecule has 0 aliphatic heterocycles. The molecular formula is C31H44O2. The normalized spacial score (nSPS) is 17.6. The molecule has 0 unspecified atom stereocenters. The van der Waals surface area contributed by atoms with E-state index in [4.69, 9.17) is 0 Å². The number of Topliss-reactive ketones (excluding diaryl/α,β-unsaturated/α-hetero) is 2. The third-order valence-corrected chi connectivity index (χ3v) is 6.93. The number of benzene rings is 1. The van der Waals surface area contributed by atoms with Crippen molar-refractivity contribution in [3.63, 3.8) is 0 Å². The zero-order chi connectivity index (χ0) is 24.4. The second-order valence-electron chi connectivity index (χ2n) is 10.6. The number of carbonyl (C=O) groups is 2. The number of carbonyl (C=O) groups excluding carboxylic acids is 2. The van der Waals surface area contributed by atoms with Crippen molar-refractivity contribution in [2.75, 3.05) is 0 Å². The molecular weight excluding hydrogens is 404 g/mol. The van der Waals surface area contributed by atoms with Crippen LogP contribution in [0.25, 0.3) is 0 Å². The summed E-state index contributed by atoms with van der Waals surface area (Å²) in [5, 5.41) is 0. The molecule has 0 saturated heterocycles. The highest BCUT2D eigenvalue weighted by molar-refractivity contribution is 6.30. The summed E-state index contributed by atoms with van der Waals surface area (Å²) in [7, 11) is 0. The lowest BCUT2D eigenvalue weighted by Crippen LogP contribution is -2.21. The van der Waals surface area contributed by atoms with E-state index >= 15 is 0 Å². The summed E-state index contributed by atoms with van der Waals surface area (Å²) in [6, 6.07) is 7.00. The molecule has 33 heavy (non-hydrogen) atoms. The molecule has 2 atom stereocenters. The van der Waals surface area contributed by atoms with Crippen LogP contribution in [0.5, 0.6) is 0 Å². The van der Waals surface area contributed by atoms with E-state index in [9.17, 15) is 9.59 Å². The molecule has 0 aromatic heterocycles. The van der Waals surface area contributed by atoms with Gasteiger partial charge in [0.1, 0.15) is 0 Å². The number of fused-ring (bicyclic) bond motifs is 1. The minimum atomic E-state index is -0.148. The van der Waals surface area contributed by atoms with E-state index in [1.54, 1.807) is 30.3 Å². The summed E-state index contributed by atoms with van der Waals surface area (Å²) in [4.78, 5) is 25.4. The van der Waals surface area contributed by atoms with Crippen molar-refractivity contribution < 1.29 is 9.59 Å². The van der Waals surface area contributed by atoms with E-state index in [1.165, 1.54) is 50.5 Å². The first-order valence-corrected chi connectivity index (χ1v) is 13.0. The van der Waals surface area contributed by atoms with Crippen LogP contribution in [-0.4, -0.2) is 11.6 Å². The van der Waals surface area contributed by atoms with Crippen molar-refractivity contribution in [1.82, 2.24) is 0 Å². The van der Waals surface area contributed by atoms with Crippen LogP contribution in [0.2, 0.25) is 0 Å². The molecule has 1 aromatic carbocycles. The van der Waals surface area contributed by atoms with Gasteiger partial charge in [-0.15, -0.1) is 0 Å². The van der Waals surface area contributed by atoms with Gasteiger partial charge in [0.05, 0.1) is 0 Å². The SMILES string of the molecule is C=C1C(=O)c2ccccc2C(=O)/C1=C/C=C(\C)CCC[C@H](C)CCC[C@H](C)CCCC(C)C. The third-order valence-electron chi connectivity index (χ3n) is 6.93. The Bertz CT molecular complexity index is 884. The van der Waals surface area contributed by atoms with Crippen LogP contribution in [0.4, 0.5) is 0 Å². The molecule has 2 nitrogen and oxygen atoms in total. The van der Waals surface area contributed by atoms with Gasteiger partial charge in [0, 0.05) is 22.3 Å². The van der Waals surface area contributed by atoms with Crippen LogP contribution in [0.3, 0.4) is 0 Å². The average molecular weight is 449 g/mol. The van der Waals surface area contributed by atoms with Gasteiger partial charge in [-0.25, -0.2) is 0 Å². The number of rotatable bonds is 13. The zero-order valence-corrected chi connectivity index (χ0v) is 21.6. The second-order valence-corrected chi connectivity index (χ2v) is 10.6. The standard InChI is InChI=1S/C31H44O2/c1-22(2)12-9-13-23(3)14-10-15-24(4)16-11-17-25(5)20-21-27-26(6)30(32)28-18-7-8-19-29(28)31(27)33/h7-8,18-24H,6,9-17H2,1-5H3/b25-20+,27-21+/t23-,24-/m1/s1. The number of ketones is 2. The molecule has 0 heterocycles. The minimum absolute atomic E-state index is 0.105. The van der Waals surface area contributed by atoms with E-state index in [0.29, 0.717) is 22.3 Å². The first kappa shape index (κ1) is 27.0. The van der Waals surface area contributed by atoms with Gasteiger partial charge in [0.25, 0.3) is 0 Å². The first-order chi connectivity index (χ1) is 15.7. The Morgan fingerprint density at radius 3 is 1.91 bits per heavy atom. The summed E-state index contributed by atoms with van der Waals surface area (Å²) in [5.74, 6) is 2.18. The zero-order valence-electron chi connectivity index (χ0n) is 21.6. The van der Waals surface area contributed by atoms with Crippen LogP contribution in [0.1, 0.15) is 113 Å². The Kier molecular flexibility index (Phi) is 11.0. The summed E-state index contributed by atoms with van der Waals surface area (Å²) >= 11 is 0. The predicted octanol–water partition coefficient (Wildman–Crippen LogP) is 8.93. The summed E-state index contributed by atoms with van der Waals surface area (Å²) in [6.45, 7) is 15.4. The Balaban J connectivity index is 1.75. The molecule has 1 aliphatic rings. The van der Waals surface area contributed by atoms with Crippen molar-refractivity contribution in [2.24, 2.45) is 17.8 Å². The fourth-order valence-corrected chi connectivity index (χ4v) is 4.64. The Morgan fingerprint density at radius 2 is 1.33 bits per heavy atom. The molecule has 0 fully saturated rings. The fraction of sp³-hybridized carbons (Fsp3) is 0.548. The van der Waals surface area contributed by atoms with Crippen LogP contribution in [0.15, 0.2) is 59.7 Å². The monoisotopic (exact) mass is 448 g/mol. The predicted molar refractivity (Wildman–Crippen MR) is 141 cm³/mol. The highest BCUT2D eigenvalue weighted by Gasteiger charge is 2.30. The van der Waals surface area contributed by atoms with Crippen LogP contribution in [-0.2, 0) is 0 Å². The summed E-state index contributed by atoms with van der Waals surface area (Å²) < 4.78 is 0. The van der Waals surface area contributed by atoms with Gasteiger partial charge in [-0.2, -0.15) is 0 Å². The second kappa shape index (κ2) is 13.5. The lowest BCUT2D eigenvalue weighted by molar-refractivity contribution is 0.0973. The molecule has 180 valence electrons. The third kappa shape index (κ3) is 8.57. The molecule has 1 aromatic rings. The smallest absolute Gasteiger partial charge is 0.194 e. The van der Waals surface area contributed by atoms with Crippen molar-refractivity contribution in [1.29, 1.82) is 0 Å². The molecule has 0 saturated carbocycles. The van der Waals surface area contributed by atoms with E-state index in [1.807, 2.05) is 6.08 Å². The van der Waals surface area contributed by atoms with Gasteiger partial charge in [-0.3, -0.25) is 9.59 Å². The highest BCUT2D eigenvalue weighted by atomic mass is 16.1. The first-order valence-electron chi connectivity index (χ1n) is 13.0. The molecule has 1 aliphatic carbocycles. The lowest BCUT2D eigenvalue weighted by Gasteiger charge is -2.18. The van der Waals surface area contributed by atoms with Crippen LogP contribution in [0, 0.1) is 17.8 Å². The molecule has 0 amide bonds. The van der Waals surface area contributed by atoms with Crippen LogP contribution < -0.4 is 0 Å². The van der Waals surface area contributed by atoms with E-state index in [0.717, 1.165) is 30.6 Å². The largest absolute Gasteiger partial charge is 0.289 e. The highest BCUT2D eigenvalue weighted by Crippen LogP contribution is 2.29. The summed E-state index contributed by atoms with van der Waals surface area (Å²) in [6.07, 6.45) is 15.3. The molecule has 0 radical (unpaired) electrons. The maximum absolute atomic E-state index is 12.8. The Morgan fingerprint density at radius 1 is 0.818 bits per heavy atom. The molecule has 2 heteroatoms. The Hall–Kier alpha value is -2.22. The molecule has 2 rings (SSSR count). The molecule has 0 spiro atoms. The lowest BCUT2D eigenvalue weighted by atomic mass is 9.82. The number of hydrogen-bond donors (Lipinski definition) is 0. The van der Waals surface area contributed by atoms with Gasteiger partial charge in [-0.05, 0) is 37.5 Å². The maximum atomic E-state index is 12.8. The molecule has 0 bridgehead atoms. The van der Waals surface area contributed by atoms with Gasteiger partial charge in [-0.1, -0.05) is 121 Å². The topological polar surface area (TPSA) is 34.1 Å². The van der Waals surface area contributed by atoms with Crippen molar-refractivity contribution >= 4 is 11.6 Å². The van der Waals surface area contributed by atoms with Crippen molar-refractivity contribution in [3.8, 4) is 0 Å². The average Bonchev–Trinajstić information content (AvgIpc) is 2.77. The van der Waals surface area contributed by atoms with E-state index in [2.05, 4.69) is 41.2 Å². The maximum Gasteiger partial charge on any atom is 0.194 e. The Labute approximate surface area is 202 Å². The quantitative estimate of drug-likeness (QED) is 0.282. The molecule has 0 N–H and O–H groups in total. The van der Waals surface area contributed by atoms with Gasteiger partial charge in [0.2, 0.25) is 0 Å². The minimum Gasteiger partial charge on any atom is -0.289 e. The van der Waals surface area contributed by atoms with Crippen LogP contribution >= 0.6 is 0 Å². The van der Waals surface area contributed by atoms with E-state index in [-0.39, 0.29) is 11.6 Å². The van der Waals surface area contributed by atoms with Crippen molar-refractivity contribution in [2.45, 2.75) is 92.4 Å². The van der Waals surface area contributed by atoms with Gasteiger partial charge < -0.3 is 0 Å². The number of hydrogen-bond acceptors (Lipinski definition) is 2. The number of allylic oxidation sites excluding steroid dienone is 5. The van der Waals surface area contributed by atoms with E-state index < -0.39 is 0 Å². The fourth-order valence-electron chi connectivity index (χ4n) is 4.64. The van der Waals surface area contributed by atoms with Gasteiger partial charge in [0.15, 0.2) is 11.6 Å². The summed E-state index contributed by atoms with van der Waals surface area (Å²) in [5.41, 5.74) is 2.91.